The number of aliphatic hydroxyl groups is 1. The SMILES string of the molecule is O[C@H]1CCc2cc3ccccc3cc21. The zero-order valence-corrected chi connectivity index (χ0v) is 7.90. The van der Waals surface area contributed by atoms with Crippen LogP contribution in [0.3, 0.4) is 0 Å². The number of benzene rings is 2. The molecule has 1 atom stereocenters. The summed E-state index contributed by atoms with van der Waals surface area (Å²) in [6, 6.07) is 12.7. The fourth-order valence-electron chi connectivity index (χ4n) is 2.28. The molecule has 0 saturated heterocycles. The van der Waals surface area contributed by atoms with Crippen molar-refractivity contribution in [2.24, 2.45) is 0 Å². The van der Waals surface area contributed by atoms with Crippen molar-refractivity contribution in [3.05, 3.63) is 47.5 Å². The van der Waals surface area contributed by atoms with E-state index in [0.717, 1.165) is 18.4 Å². The average Bonchev–Trinajstić information content (AvgIpc) is 2.57. The molecule has 0 fully saturated rings. The second kappa shape index (κ2) is 2.82. The van der Waals surface area contributed by atoms with Crippen LogP contribution in [0.4, 0.5) is 0 Å². The first-order valence-electron chi connectivity index (χ1n) is 5.04. The van der Waals surface area contributed by atoms with Gasteiger partial charge in [0.25, 0.3) is 0 Å². The summed E-state index contributed by atoms with van der Waals surface area (Å²) in [4.78, 5) is 0. The largest absolute Gasteiger partial charge is 0.388 e. The Balaban J connectivity index is 2.33. The number of hydrogen-bond donors (Lipinski definition) is 1. The summed E-state index contributed by atoms with van der Waals surface area (Å²) >= 11 is 0. The Morgan fingerprint density at radius 1 is 1.07 bits per heavy atom. The van der Waals surface area contributed by atoms with Gasteiger partial charge in [0.1, 0.15) is 0 Å². The number of aliphatic hydroxyl groups excluding tert-OH is 1. The van der Waals surface area contributed by atoms with Crippen LogP contribution < -0.4 is 0 Å². The Morgan fingerprint density at radius 2 is 1.79 bits per heavy atom. The minimum absolute atomic E-state index is 0.241. The Bertz CT molecular complexity index is 488. The van der Waals surface area contributed by atoms with Crippen LogP contribution >= 0.6 is 0 Å². The molecule has 0 saturated carbocycles. The third-order valence-corrected chi connectivity index (χ3v) is 3.05. The van der Waals surface area contributed by atoms with E-state index >= 15 is 0 Å². The topological polar surface area (TPSA) is 20.2 Å². The minimum Gasteiger partial charge on any atom is -0.388 e. The standard InChI is InChI=1S/C13H12O/c14-13-6-5-11-7-9-3-1-2-4-10(9)8-12(11)13/h1-4,7-8,13-14H,5-6H2/t13-/m0/s1. The predicted octanol–water partition coefficient (Wildman–Crippen LogP) is 2.82. The highest BCUT2D eigenvalue weighted by atomic mass is 16.3. The van der Waals surface area contributed by atoms with E-state index in [1.165, 1.54) is 16.3 Å². The Morgan fingerprint density at radius 3 is 2.57 bits per heavy atom. The van der Waals surface area contributed by atoms with E-state index in [9.17, 15) is 5.11 Å². The van der Waals surface area contributed by atoms with Gasteiger partial charge in [-0.3, -0.25) is 0 Å². The highest BCUT2D eigenvalue weighted by Crippen LogP contribution is 2.33. The maximum absolute atomic E-state index is 9.74. The summed E-state index contributed by atoms with van der Waals surface area (Å²) in [5.74, 6) is 0. The molecule has 1 N–H and O–H groups in total. The van der Waals surface area contributed by atoms with Crippen molar-refractivity contribution in [3.8, 4) is 0 Å². The highest BCUT2D eigenvalue weighted by Gasteiger charge is 2.20. The molecule has 0 aromatic heterocycles. The smallest absolute Gasteiger partial charge is 0.0796 e. The van der Waals surface area contributed by atoms with Crippen molar-refractivity contribution in [3.63, 3.8) is 0 Å². The summed E-state index contributed by atoms with van der Waals surface area (Å²) in [7, 11) is 0. The number of aryl methyl sites for hydroxylation is 1. The first-order chi connectivity index (χ1) is 6.84. The van der Waals surface area contributed by atoms with Crippen LogP contribution in [-0.4, -0.2) is 5.11 Å². The molecule has 0 aliphatic heterocycles. The molecule has 1 heteroatoms. The fraction of sp³-hybridized carbons (Fsp3) is 0.231. The van der Waals surface area contributed by atoms with Gasteiger partial charge in [0, 0.05) is 0 Å². The molecule has 0 heterocycles. The van der Waals surface area contributed by atoms with Gasteiger partial charge in [0.2, 0.25) is 0 Å². The Labute approximate surface area is 83.0 Å². The lowest BCUT2D eigenvalue weighted by Gasteiger charge is -2.05. The third kappa shape index (κ3) is 1.06. The first-order valence-corrected chi connectivity index (χ1v) is 5.04. The van der Waals surface area contributed by atoms with E-state index in [-0.39, 0.29) is 6.10 Å². The second-order valence-electron chi connectivity index (χ2n) is 3.95. The third-order valence-electron chi connectivity index (χ3n) is 3.05. The van der Waals surface area contributed by atoms with Gasteiger partial charge in [-0.05, 0) is 40.8 Å². The van der Waals surface area contributed by atoms with Gasteiger partial charge >= 0.3 is 0 Å². The predicted molar refractivity (Wildman–Crippen MR) is 57.2 cm³/mol. The Kier molecular flexibility index (Phi) is 1.62. The van der Waals surface area contributed by atoms with Gasteiger partial charge in [-0.2, -0.15) is 0 Å². The molecule has 0 radical (unpaired) electrons. The van der Waals surface area contributed by atoms with Crippen molar-refractivity contribution in [1.29, 1.82) is 0 Å². The average molecular weight is 184 g/mol. The van der Waals surface area contributed by atoms with E-state index < -0.39 is 0 Å². The van der Waals surface area contributed by atoms with Gasteiger partial charge in [0.15, 0.2) is 0 Å². The number of fused-ring (bicyclic) bond motifs is 2. The van der Waals surface area contributed by atoms with Gasteiger partial charge in [-0.1, -0.05) is 30.3 Å². The van der Waals surface area contributed by atoms with E-state index in [4.69, 9.17) is 0 Å². The molecule has 2 aromatic rings. The Hall–Kier alpha value is -1.34. The molecule has 3 rings (SSSR count). The summed E-state index contributed by atoms with van der Waals surface area (Å²) in [6.45, 7) is 0. The van der Waals surface area contributed by atoms with E-state index in [1.807, 2.05) is 6.07 Å². The maximum Gasteiger partial charge on any atom is 0.0796 e. The van der Waals surface area contributed by atoms with Crippen molar-refractivity contribution >= 4 is 10.8 Å². The second-order valence-corrected chi connectivity index (χ2v) is 3.95. The van der Waals surface area contributed by atoms with Crippen molar-refractivity contribution in [2.45, 2.75) is 18.9 Å². The summed E-state index contributed by atoms with van der Waals surface area (Å²) in [5, 5.41) is 12.2. The monoisotopic (exact) mass is 184 g/mol. The van der Waals surface area contributed by atoms with Crippen LogP contribution in [0.25, 0.3) is 10.8 Å². The fourth-order valence-corrected chi connectivity index (χ4v) is 2.28. The lowest BCUT2D eigenvalue weighted by atomic mass is 10.0. The highest BCUT2D eigenvalue weighted by molar-refractivity contribution is 5.84. The van der Waals surface area contributed by atoms with Gasteiger partial charge in [-0.25, -0.2) is 0 Å². The van der Waals surface area contributed by atoms with Crippen molar-refractivity contribution < 1.29 is 5.11 Å². The lowest BCUT2D eigenvalue weighted by Crippen LogP contribution is -1.89. The van der Waals surface area contributed by atoms with Gasteiger partial charge < -0.3 is 5.11 Å². The van der Waals surface area contributed by atoms with E-state index in [1.54, 1.807) is 0 Å². The van der Waals surface area contributed by atoms with Crippen LogP contribution in [0.5, 0.6) is 0 Å². The molecule has 0 bridgehead atoms. The van der Waals surface area contributed by atoms with E-state index in [0.29, 0.717) is 0 Å². The molecule has 1 nitrogen and oxygen atoms in total. The summed E-state index contributed by atoms with van der Waals surface area (Å²) in [6.07, 6.45) is 1.65. The maximum atomic E-state index is 9.74. The van der Waals surface area contributed by atoms with Crippen LogP contribution in [0.15, 0.2) is 36.4 Å². The molecular formula is C13H12O. The van der Waals surface area contributed by atoms with Crippen LogP contribution in [0.2, 0.25) is 0 Å². The minimum atomic E-state index is -0.241. The summed E-state index contributed by atoms with van der Waals surface area (Å²) in [5.41, 5.74) is 2.44. The molecule has 0 spiro atoms. The molecular weight excluding hydrogens is 172 g/mol. The molecule has 2 aromatic carbocycles. The normalized spacial score (nSPS) is 19.9. The molecule has 1 aliphatic carbocycles. The number of hydrogen-bond acceptors (Lipinski definition) is 1. The van der Waals surface area contributed by atoms with Gasteiger partial charge in [0.05, 0.1) is 6.10 Å². The van der Waals surface area contributed by atoms with Crippen LogP contribution in [-0.2, 0) is 6.42 Å². The first kappa shape index (κ1) is 8.01. The zero-order valence-electron chi connectivity index (χ0n) is 7.90. The number of rotatable bonds is 0. The van der Waals surface area contributed by atoms with Gasteiger partial charge in [-0.15, -0.1) is 0 Å². The molecule has 1 aliphatic rings. The van der Waals surface area contributed by atoms with Crippen LogP contribution in [0.1, 0.15) is 23.7 Å². The lowest BCUT2D eigenvalue weighted by molar-refractivity contribution is 0.180. The van der Waals surface area contributed by atoms with Crippen LogP contribution in [0, 0.1) is 0 Å². The van der Waals surface area contributed by atoms with Crippen molar-refractivity contribution in [1.82, 2.24) is 0 Å². The summed E-state index contributed by atoms with van der Waals surface area (Å²) < 4.78 is 0. The van der Waals surface area contributed by atoms with E-state index in [2.05, 4.69) is 30.3 Å². The zero-order chi connectivity index (χ0) is 9.54. The molecule has 70 valence electrons. The quantitative estimate of drug-likeness (QED) is 0.667. The molecule has 0 amide bonds. The van der Waals surface area contributed by atoms with Crippen molar-refractivity contribution in [2.75, 3.05) is 0 Å². The molecule has 14 heavy (non-hydrogen) atoms. The molecule has 0 unspecified atom stereocenters.